The first-order valence-electron chi connectivity index (χ1n) is 9.90. The maximum absolute atomic E-state index is 8.20. The van der Waals surface area contributed by atoms with Crippen LogP contribution in [-0.2, 0) is 21.8 Å². The van der Waals surface area contributed by atoms with Crippen LogP contribution in [0.15, 0.2) is 30.9 Å². The molecule has 118 valence electrons. The Bertz CT molecular complexity index is 879. The Kier molecular flexibility index (Phi) is 2.74. The van der Waals surface area contributed by atoms with E-state index in [9.17, 15) is 0 Å². The van der Waals surface area contributed by atoms with Crippen LogP contribution >= 0.6 is 23.2 Å². The first-order valence-corrected chi connectivity index (χ1v) is 7.15. The van der Waals surface area contributed by atoms with Crippen molar-refractivity contribution in [3.05, 3.63) is 46.5 Å². The molecule has 2 aromatic rings. The second-order valence-corrected chi connectivity index (χ2v) is 5.50. The predicted molar refractivity (Wildman–Crippen MR) is 83.9 cm³/mol. The van der Waals surface area contributed by atoms with E-state index in [1.165, 1.54) is 29.5 Å². The normalized spacial score (nSPS) is 31.4. The lowest BCUT2D eigenvalue weighted by Crippen LogP contribution is -2.34. The van der Waals surface area contributed by atoms with Gasteiger partial charge in [0.1, 0.15) is 19.2 Å². The van der Waals surface area contributed by atoms with Crippen molar-refractivity contribution in [1.82, 2.24) is 14.8 Å². The van der Waals surface area contributed by atoms with Crippen molar-refractivity contribution in [1.29, 1.82) is 0 Å². The molecule has 1 aromatic heterocycles. The fourth-order valence-corrected chi connectivity index (χ4v) is 2.85. The Balaban J connectivity index is 2.01. The van der Waals surface area contributed by atoms with E-state index in [2.05, 4.69) is 10.1 Å². The lowest BCUT2D eigenvalue weighted by Gasteiger charge is -2.29. The summed E-state index contributed by atoms with van der Waals surface area (Å²) in [6.45, 7) is -3.71. The minimum Gasteiger partial charge on any atom is -0.342 e. The molecule has 1 aliphatic rings. The monoisotopic (exact) mass is 348 g/mol. The molecular weight excluding hydrogens is 325 g/mol. The molecule has 3 rings (SSSR count). The summed E-state index contributed by atoms with van der Waals surface area (Å²) in [5, 5.41) is 4.53. The van der Waals surface area contributed by atoms with Crippen LogP contribution in [-0.4, -0.2) is 27.5 Å². The van der Waals surface area contributed by atoms with Gasteiger partial charge in [0.25, 0.3) is 0 Å². The molecule has 0 amide bonds. The maximum atomic E-state index is 8.20. The first-order chi connectivity index (χ1) is 13.3. The van der Waals surface area contributed by atoms with Gasteiger partial charge in [-0.15, -0.1) is 0 Å². The summed E-state index contributed by atoms with van der Waals surface area (Å²) in [7, 11) is 0. The Labute approximate surface area is 149 Å². The third-order valence-electron chi connectivity index (χ3n) is 3.21. The van der Waals surface area contributed by atoms with Crippen molar-refractivity contribution >= 4 is 23.2 Å². The SMILES string of the molecule is [2H]C([2H])([2H])C([2H])([2H])C([2H])([2H])C1COC(Cn2cncn2)(c2ccc(Cl)cc2Cl)O1. The Morgan fingerprint density at radius 1 is 1.55 bits per heavy atom. The molecule has 5 nitrogen and oxygen atoms in total. The van der Waals surface area contributed by atoms with Crippen LogP contribution in [0.3, 0.4) is 0 Å². The minimum atomic E-state index is -3.21. The Morgan fingerprint density at radius 2 is 2.45 bits per heavy atom. The van der Waals surface area contributed by atoms with Crippen LogP contribution in [0, 0.1) is 0 Å². The largest absolute Gasteiger partial charge is 0.342 e. The highest BCUT2D eigenvalue weighted by Gasteiger charge is 2.45. The quantitative estimate of drug-likeness (QED) is 0.827. The van der Waals surface area contributed by atoms with E-state index >= 15 is 0 Å². The van der Waals surface area contributed by atoms with E-state index in [0.717, 1.165) is 0 Å². The van der Waals surface area contributed by atoms with Crippen molar-refractivity contribution in [2.45, 2.75) is 38.0 Å². The second kappa shape index (κ2) is 6.54. The van der Waals surface area contributed by atoms with Gasteiger partial charge in [0.2, 0.25) is 5.79 Å². The zero-order valence-corrected chi connectivity index (χ0v) is 12.8. The van der Waals surface area contributed by atoms with Gasteiger partial charge < -0.3 is 9.47 Å². The van der Waals surface area contributed by atoms with Crippen LogP contribution < -0.4 is 0 Å². The summed E-state index contributed by atoms with van der Waals surface area (Å²) in [6, 6.07) is 4.54. The highest BCUT2D eigenvalue weighted by atomic mass is 35.5. The third kappa shape index (κ3) is 3.13. The van der Waals surface area contributed by atoms with Crippen LogP contribution in [0.1, 0.15) is 34.8 Å². The molecule has 1 aliphatic heterocycles. The van der Waals surface area contributed by atoms with Crippen molar-refractivity contribution in [2.75, 3.05) is 6.61 Å². The van der Waals surface area contributed by atoms with Gasteiger partial charge in [0, 0.05) is 20.2 Å². The summed E-state index contributed by atoms with van der Waals surface area (Å²) < 4.78 is 67.4. The third-order valence-corrected chi connectivity index (χ3v) is 3.76. The van der Waals surface area contributed by atoms with Crippen molar-refractivity contribution in [3.8, 4) is 0 Å². The van der Waals surface area contributed by atoms with Crippen molar-refractivity contribution in [3.63, 3.8) is 0 Å². The van der Waals surface area contributed by atoms with Gasteiger partial charge in [-0.1, -0.05) is 42.5 Å². The van der Waals surface area contributed by atoms with Crippen molar-refractivity contribution in [2.24, 2.45) is 0 Å². The first kappa shape index (κ1) is 9.23. The van der Waals surface area contributed by atoms with Crippen LogP contribution in [0.2, 0.25) is 10.0 Å². The zero-order chi connectivity index (χ0) is 21.7. The molecule has 0 N–H and O–H groups in total. The number of hydrogen-bond donors (Lipinski definition) is 0. The molecule has 2 unspecified atom stereocenters. The number of halogens is 2. The van der Waals surface area contributed by atoms with E-state index in [4.69, 9.17) is 42.3 Å². The van der Waals surface area contributed by atoms with Gasteiger partial charge in [-0.3, -0.25) is 0 Å². The molecule has 0 saturated carbocycles. The highest BCUT2D eigenvalue weighted by molar-refractivity contribution is 6.35. The highest BCUT2D eigenvalue weighted by Crippen LogP contribution is 2.41. The molecule has 1 aromatic carbocycles. The molecule has 0 spiro atoms. The lowest BCUT2D eigenvalue weighted by atomic mass is 10.1. The fourth-order valence-electron chi connectivity index (χ4n) is 2.30. The van der Waals surface area contributed by atoms with E-state index < -0.39 is 38.1 Å². The topological polar surface area (TPSA) is 49.2 Å². The average Bonchev–Trinajstić information content (AvgIpc) is 3.24. The molecule has 7 heteroatoms. The average molecular weight is 349 g/mol. The predicted octanol–water partition coefficient (Wildman–Crippen LogP) is 3.65. The summed E-state index contributed by atoms with van der Waals surface area (Å²) in [5.74, 6) is -1.65. The summed E-state index contributed by atoms with van der Waals surface area (Å²) in [4.78, 5) is 3.84. The van der Waals surface area contributed by atoms with Crippen LogP contribution in [0.25, 0.3) is 0 Å². The molecule has 1 saturated heterocycles. The molecule has 0 bridgehead atoms. The van der Waals surface area contributed by atoms with Gasteiger partial charge in [0.15, 0.2) is 0 Å². The number of ether oxygens (including phenoxy) is 2. The molecule has 0 aliphatic carbocycles. The van der Waals surface area contributed by atoms with Crippen LogP contribution in [0.5, 0.6) is 0 Å². The zero-order valence-electron chi connectivity index (χ0n) is 18.3. The minimum absolute atomic E-state index is 0.0856. The van der Waals surface area contributed by atoms with Crippen LogP contribution in [0.4, 0.5) is 0 Å². The number of benzene rings is 1. The Morgan fingerprint density at radius 3 is 3.18 bits per heavy atom. The smallest absolute Gasteiger partial charge is 0.217 e. The molecule has 0 radical (unpaired) electrons. The second-order valence-electron chi connectivity index (χ2n) is 4.66. The summed E-state index contributed by atoms with van der Waals surface area (Å²) in [5.41, 5.74) is 0.312. The number of aromatic nitrogens is 3. The maximum Gasteiger partial charge on any atom is 0.217 e. The molecule has 1 fully saturated rings. The molecule has 2 heterocycles. The standard InChI is InChI=1S/C15H17Cl2N3O2/c1-2-3-12-7-21-15(22-12,8-20-10-18-9-19-20)13-5-4-11(16)6-14(13)17/h4-6,9-10,12H,2-3,7-8H2,1H3/i1D3,2D2,3D2. The van der Waals surface area contributed by atoms with Gasteiger partial charge in [-0.2, -0.15) is 5.10 Å². The van der Waals surface area contributed by atoms with Gasteiger partial charge >= 0.3 is 0 Å². The molecule has 2 atom stereocenters. The van der Waals surface area contributed by atoms with Gasteiger partial charge in [-0.25, -0.2) is 9.67 Å². The van der Waals surface area contributed by atoms with E-state index in [1.807, 2.05) is 0 Å². The van der Waals surface area contributed by atoms with Gasteiger partial charge in [-0.05, 0) is 18.5 Å². The summed E-state index contributed by atoms with van der Waals surface area (Å²) >= 11 is 12.3. The van der Waals surface area contributed by atoms with Crippen molar-refractivity contribution < 1.29 is 19.1 Å². The fraction of sp³-hybridized carbons (Fsp3) is 0.467. The number of hydrogen-bond acceptors (Lipinski definition) is 4. The van der Waals surface area contributed by atoms with E-state index in [1.54, 1.807) is 6.07 Å². The number of rotatable bonds is 5. The molecule has 22 heavy (non-hydrogen) atoms. The van der Waals surface area contributed by atoms with Gasteiger partial charge in [0.05, 0.1) is 17.7 Å². The lowest BCUT2D eigenvalue weighted by molar-refractivity contribution is -0.189. The van der Waals surface area contributed by atoms with E-state index in [0.29, 0.717) is 10.6 Å². The number of nitrogens with zero attached hydrogens (tertiary/aromatic N) is 3. The summed E-state index contributed by atoms with van der Waals surface area (Å²) in [6.07, 6.45) is -4.95. The Hall–Kier alpha value is -1.14. The van der Waals surface area contributed by atoms with E-state index in [-0.39, 0.29) is 11.6 Å². The molecular formula is C15H17Cl2N3O2.